The number of sulfone groups is 1. The van der Waals surface area contributed by atoms with Crippen LogP contribution >= 0.6 is 0 Å². The number of hydrogen-bond donors (Lipinski definition) is 6. The number of ketones is 2. The molecule has 3 rings (SSSR count). The summed E-state index contributed by atoms with van der Waals surface area (Å²) < 4.78 is 95.4. The number of benzene rings is 2. The van der Waals surface area contributed by atoms with E-state index in [1.807, 2.05) is 0 Å². The Hall–Kier alpha value is -4.51. The Morgan fingerprint density at radius 1 is 0.706 bits per heavy atom. The number of nitrogens with two attached hydrogens (primary N) is 2. The molecule has 278 valence electrons. The average molecular weight is 771 g/mol. The fraction of sp³-hybridized carbons (Fsp3) is 0.333. The first-order chi connectivity index (χ1) is 23.5. The SMILES string of the molecule is CC(=O)N(CCCN)c1ccc(NC2=C(C)C(=O)C(Nc3ccc(N(CCCN)C(C)=O)c(S(=O)(=O)O)c3)=C(S(C)(=O)=O)C2=O)cc1S(=O)(=O)O. The van der Waals surface area contributed by atoms with Gasteiger partial charge in [0.05, 0.1) is 17.1 Å². The van der Waals surface area contributed by atoms with Crippen molar-refractivity contribution in [3.05, 3.63) is 58.3 Å². The number of allylic oxidation sites excluding steroid dienone is 2. The summed E-state index contributed by atoms with van der Waals surface area (Å²) in [5, 5.41) is 5.02. The molecule has 0 atom stereocenters. The number of anilines is 4. The van der Waals surface area contributed by atoms with Crippen molar-refractivity contribution < 1.29 is 53.5 Å². The van der Waals surface area contributed by atoms with Crippen LogP contribution in [-0.2, 0) is 49.3 Å². The van der Waals surface area contributed by atoms with Gasteiger partial charge < -0.3 is 31.9 Å². The minimum absolute atomic E-state index is 0.00497. The molecule has 21 heteroatoms. The Morgan fingerprint density at radius 3 is 1.43 bits per heavy atom. The molecule has 0 radical (unpaired) electrons. The molecule has 0 fully saturated rings. The molecule has 0 saturated carbocycles. The van der Waals surface area contributed by atoms with E-state index in [0.29, 0.717) is 6.26 Å². The van der Waals surface area contributed by atoms with Gasteiger partial charge in [0, 0.05) is 50.1 Å². The van der Waals surface area contributed by atoms with Crippen LogP contribution in [0.1, 0.15) is 33.6 Å². The number of hydrogen-bond acceptors (Lipinski definition) is 14. The summed E-state index contributed by atoms with van der Waals surface area (Å²) in [6, 6.07) is 6.44. The monoisotopic (exact) mass is 770 g/mol. The fourth-order valence-corrected chi connectivity index (χ4v) is 7.54. The molecule has 0 heterocycles. The molecule has 0 unspecified atom stereocenters. The van der Waals surface area contributed by atoms with Crippen molar-refractivity contribution >= 4 is 76.2 Å². The molecular formula is C30H38N6O12S3. The van der Waals surface area contributed by atoms with Gasteiger partial charge in [0.1, 0.15) is 20.4 Å². The van der Waals surface area contributed by atoms with E-state index in [0.717, 1.165) is 41.0 Å². The van der Waals surface area contributed by atoms with Crippen molar-refractivity contribution in [3.63, 3.8) is 0 Å². The smallest absolute Gasteiger partial charge is 0.296 e. The van der Waals surface area contributed by atoms with Crippen molar-refractivity contribution in [2.45, 2.75) is 43.4 Å². The maximum Gasteiger partial charge on any atom is 0.296 e. The minimum Gasteiger partial charge on any atom is -0.352 e. The van der Waals surface area contributed by atoms with Crippen molar-refractivity contribution in [3.8, 4) is 0 Å². The molecule has 0 bridgehead atoms. The lowest BCUT2D eigenvalue weighted by Crippen LogP contribution is -2.33. The maximum absolute atomic E-state index is 13.8. The van der Waals surface area contributed by atoms with Crippen LogP contribution in [0, 0.1) is 0 Å². The van der Waals surface area contributed by atoms with E-state index in [1.54, 1.807) is 0 Å². The van der Waals surface area contributed by atoms with Crippen LogP contribution in [0.3, 0.4) is 0 Å². The first-order valence-corrected chi connectivity index (χ1v) is 19.8. The highest BCUT2D eigenvalue weighted by molar-refractivity contribution is 7.95. The Balaban J connectivity index is 2.14. The predicted octanol–water partition coefficient (Wildman–Crippen LogP) is 0.789. The molecule has 0 saturated heterocycles. The Morgan fingerprint density at radius 2 is 1.10 bits per heavy atom. The van der Waals surface area contributed by atoms with E-state index in [4.69, 9.17) is 11.5 Å². The van der Waals surface area contributed by atoms with E-state index < -0.39 is 79.5 Å². The third-order valence-corrected chi connectivity index (χ3v) is 10.4. The van der Waals surface area contributed by atoms with Crippen LogP contribution < -0.4 is 31.9 Å². The number of nitrogens with zero attached hydrogens (tertiary/aromatic N) is 2. The molecule has 0 aliphatic heterocycles. The number of Topliss-reactive ketones (excluding diaryl/α,β-unsaturated/α-hetero) is 2. The molecule has 1 aliphatic carbocycles. The molecule has 2 amide bonds. The second-order valence-electron chi connectivity index (χ2n) is 11.3. The highest BCUT2D eigenvalue weighted by Crippen LogP contribution is 2.35. The zero-order valence-corrected chi connectivity index (χ0v) is 30.4. The lowest BCUT2D eigenvalue weighted by Gasteiger charge is -2.26. The van der Waals surface area contributed by atoms with E-state index in [-0.39, 0.29) is 67.3 Å². The molecule has 8 N–H and O–H groups in total. The Kier molecular flexibility index (Phi) is 12.7. The zero-order chi connectivity index (χ0) is 38.6. The molecule has 2 aromatic rings. The number of nitrogens with one attached hydrogen (secondary N) is 2. The summed E-state index contributed by atoms with van der Waals surface area (Å²) in [6.07, 6.45) is 1.21. The van der Waals surface area contributed by atoms with Crippen molar-refractivity contribution in [2.24, 2.45) is 11.5 Å². The molecule has 51 heavy (non-hydrogen) atoms. The highest BCUT2D eigenvalue weighted by atomic mass is 32.2. The van der Waals surface area contributed by atoms with Crippen LogP contribution in [0.15, 0.2) is 68.1 Å². The van der Waals surface area contributed by atoms with Crippen LogP contribution in [0.5, 0.6) is 0 Å². The van der Waals surface area contributed by atoms with Gasteiger partial charge in [-0.15, -0.1) is 0 Å². The third kappa shape index (κ3) is 9.44. The van der Waals surface area contributed by atoms with Crippen molar-refractivity contribution in [1.82, 2.24) is 0 Å². The van der Waals surface area contributed by atoms with Gasteiger partial charge in [0.25, 0.3) is 20.2 Å². The van der Waals surface area contributed by atoms with Gasteiger partial charge in [-0.1, -0.05) is 0 Å². The summed E-state index contributed by atoms with van der Waals surface area (Å²) in [6.45, 7) is 3.83. The molecule has 0 spiro atoms. The third-order valence-electron chi connectivity index (χ3n) is 7.50. The van der Waals surface area contributed by atoms with Crippen molar-refractivity contribution in [1.29, 1.82) is 0 Å². The van der Waals surface area contributed by atoms with E-state index in [2.05, 4.69) is 10.6 Å². The quantitative estimate of drug-likeness (QED) is 0.108. The number of carbonyl (C=O) groups excluding carboxylic acids is 4. The summed E-state index contributed by atoms with van der Waals surface area (Å²) >= 11 is 0. The van der Waals surface area contributed by atoms with Crippen LogP contribution in [0.4, 0.5) is 22.7 Å². The van der Waals surface area contributed by atoms with E-state index in [1.165, 1.54) is 26.0 Å². The van der Waals surface area contributed by atoms with Gasteiger partial charge in [-0.25, -0.2) is 8.42 Å². The topological polar surface area (TPSA) is 294 Å². The van der Waals surface area contributed by atoms with Gasteiger partial charge in [-0.3, -0.25) is 28.3 Å². The van der Waals surface area contributed by atoms with Crippen LogP contribution in [0.2, 0.25) is 0 Å². The largest absolute Gasteiger partial charge is 0.352 e. The summed E-state index contributed by atoms with van der Waals surface area (Å²) in [4.78, 5) is 51.6. The number of amides is 2. The number of carbonyl (C=O) groups is 4. The van der Waals surface area contributed by atoms with Crippen LogP contribution in [0.25, 0.3) is 0 Å². The lowest BCUT2D eigenvalue weighted by atomic mass is 9.97. The maximum atomic E-state index is 13.8. The average Bonchev–Trinajstić information content (AvgIpc) is 3.01. The summed E-state index contributed by atoms with van der Waals surface area (Å²) in [5.74, 6) is -3.42. The Bertz CT molecular complexity index is 2180. The Labute approximate surface area is 295 Å². The van der Waals surface area contributed by atoms with Gasteiger partial charge in [-0.2, -0.15) is 16.8 Å². The first kappa shape index (κ1) is 40.9. The van der Waals surface area contributed by atoms with Crippen LogP contribution in [-0.4, -0.2) is 90.2 Å². The second-order valence-corrected chi connectivity index (χ2v) is 16.1. The molecular weight excluding hydrogens is 733 g/mol. The normalized spacial score (nSPS) is 14.1. The van der Waals surface area contributed by atoms with E-state index in [9.17, 15) is 53.5 Å². The predicted molar refractivity (Wildman–Crippen MR) is 188 cm³/mol. The fourth-order valence-electron chi connectivity index (χ4n) is 5.14. The molecule has 2 aromatic carbocycles. The van der Waals surface area contributed by atoms with Gasteiger partial charge in [0.2, 0.25) is 23.4 Å². The zero-order valence-electron chi connectivity index (χ0n) is 28.0. The second kappa shape index (κ2) is 15.8. The molecule has 0 aromatic heterocycles. The van der Waals surface area contributed by atoms with Gasteiger partial charge in [-0.05, 0) is 69.3 Å². The molecule has 1 aliphatic rings. The minimum atomic E-state index is -5.01. The van der Waals surface area contributed by atoms with Gasteiger partial charge in [0.15, 0.2) is 9.84 Å². The van der Waals surface area contributed by atoms with E-state index >= 15 is 0 Å². The molecule has 18 nitrogen and oxygen atoms in total. The lowest BCUT2D eigenvalue weighted by molar-refractivity contribution is -0.117. The number of rotatable bonds is 15. The highest BCUT2D eigenvalue weighted by Gasteiger charge is 2.39. The summed E-state index contributed by atoms with van der Waals surface area (Å²) in [5.41, 5.74) is 8.48. The van der Waals surface area contributed by atoms with Crippen molar-refractivity contribution in [2.75, 3.05) is 52.9 Å². The summed E-state index contributed by atoms with van der Waals surface area (Å²) in [7, 11) is -14.5. The first-order valence-electron chi connectivity index (χ1n) is 15.0. The standard InChI is InChI=1S/C30H38N6O12S3/c1-17-26(33-20-7-9-22(24(15-20)50(43,44)45)35(18(2)37)13-5-11-31)29(40)30(49(4,41)42)27(28(17)39)34-21-8-10-23(25(16-21)51(46,47)48)36(19(3)38)14-6-12-32/h7-10,15-16,33-34H,5-6,11-14,31-32H2,1-4H3,(H,43,44,45)(H,46,47,48). The van der Waals surface area contributed by atoms with Gasteiger partial charge >= 0.3 is 0 Å².